The zero-order valence-electron chi connectivity index (χ0n) is 20.4. The third-order valence-electron chi connectivity index (χ3n) is 5.46. The number of ether oxygens (including phenoxy) is 1. The summed E-state index contributed by atoms with van der Waals surface area (Å²) in [6.07, 6.45) is 0. The molecule has 0 atom stereocenters. The zero-order chi connectivity index (χ0) is 25.8. The molecule has 3 aromatic carbocycles. The maximum atomic E-state index is 12.9. The van der Waals surface area contributed by atoms with Gasteiger partial charge in [-0.2, -0.15) is 0 Å². The van der Waals surface area contributed by atoms with E-state index in [9.17, 15) is 18.0 Å². The van der Waals surface area contributed by atoms with Crippen LogP contribution in [0.3, 0.4) is 0 Å². The molecule has 9 heteroatoms. The molecule has 0 aromatic heterocycles. The number of benzene rings is 3. The summed E-state index contributed by atoms with van der Waals surface area (Å²) < 4.78 is 33.3. The maximum Gasteiger partial charge on any atom is 0.261 e. The quantitative estimate of drug-likeness (QED) is 0.435. The molecule has 0 aliphatic heterocycles. The first-order valence-electron chi connectivity index (χ1n) is 10.9. The summed E-state index contributed by atoms with van der Waals surface area (Å²) in [5.74, 6) is -0.327. The lowest BCUT2D eigenvalue weighted by Gasteiger charge is -2.14. The standard InChI is InChI=1S/C26H29N3O5S/c1-16-12-18(3)25(19(4)13-16)28-24(30)15-27-26(31)23-14-22(11-6-17(23)2)35(32,33)29-20-7-9-21(34-5)10-8-20/h6-14,29H,15H2,1-5H3,(H,27,31)(H,28,30). The van der Waals surface area contributed by atoms with Gasteiger partial charge in [0.25, 0.3) is 15.9 Å². The predicted octanol–water partition coefficient (Wildman–Crippen LogP) is 4.10. The third-order valence-corrected chi connectivity index (χ3v) is 6.84. The van der Waals surface area contributed by atoms with E-state index in [0.29, 0.717) is 22.7 Å². The first kappa shape index (κ1) is 25.8. The number of amides is 2. The minimum Gasteiger partial charge on any atom is -0.497 e. The Hall–Kier alpha value is -3.85. The van der Waals surface area contributed by atoms with E-state index in [4.69, 9.17) is 4.74 Å². The lowest BCUT2D eigenvalue weighted by molar-refractivity contribution is -0.115. The van der Waals surface area contributed by atoms with E-state index in [0.717, 1.165) is 16.7 Å². The molecule has 0 radical (unpaired) electrons. The van der Waals surface area contributed by atoms with E-state index in [1.165, 1.54) is 19.2 Å². The molecular weight excluding hydrogens is 466 g/mol. The summed E-state index contributed by atoms with van der Waals surface area (Å²) in [6.45, 7) is 7.23. The Morgan fingerprint density at radius 1 is 0.857 bits per heavy atom. The summed E-state index contributed by atoms with van der Waals surface area (Å²) in [7, 11) is -2.42. The van der Waals surface area contributed by atoms with Crippen LogP contribution in [0.25, 0.3) is 0 Å². The molecule has 0 saturated carbocycles. The lowest BCUT2D eigenvalue weighted by atomic mass is 10.1. The van der Waals surface area contributed by atoms with Gasteiger partial charge in [0.1, 0.15) is 5.75 Å². The Balaban J connectivity index is 1.70. The van der Waals surface area contributed by atoms with Crippen molar-refractivity contribution in [3.05, 3.63) is 82.4 Å². The van der Waals surface area contributed by atoms with Gasteiger partial charge in [0.15, 0.2) is 0 Å². The maximum absolute atomic E-state index is 12.9. The molecule has 0 heterocycles. The number of hydrogen-bond donors (Lipinski definition) is 3. The van der Waals surface area contributed by atoms with Crippen LogP contribution in [-0.2, 0) is 14.8 Å². The second-order valence-electron chi connectivity index (χ2n) is 8.32. The number of rotatable bonds is 8. The van der Waals surface area contributed by atoms with Crippen LogP contribution in [0.1, 0.15) is 32.6 Å². The van der Waals surface area contributed by atoms with Crippen LogP contribution in [0.2, 0.25) is 0 Å². The molecule has 3 aromatic rings. The van der Waals surface area contributed by atoms with Crippen molar-refractivity contribution < 1.29 is 22.7 Å². The van der Waals surface area contributed by atoms with E-state index in [1.807, 2.05) is 32.9 Å². The van der Waals surface area contributed by atoms with Crippen LogP contribution in [-0.4, -0.2) is 33.9 Å². The monoisotopic (exact) mass is 495 g/mol. The molecular formula is C26H29N3O5S. The molecule has 2 amide bonds. The topological polar surface area (TPSA) is 114 Å². The molecule has 0 aliphatic carbocycles. The molecule has 0 fully saturated rings. The number of anilines is 2. The highest BCUT2D eigenvalue weighted by Crippen LogP contribution is 2.23. The number of sulfonamides is 1. The fourth-order valence-electron chi connectivity index (χ4n) is 3.70. The molecule has 3 rings (SSSR count). The molecule has 0 saturated heterocycles. The van der Waals surface area contributed by atoms with E-state index in [1.54, 1.807) is 37.3 Å². The zero-order valence-corrected chi connectivity index (χ0v) is 21.2. The smallest absolute Gasteiger partial charge is 0.261 e. The van der Waals surface area contributed by atoms with Gasteiger partial charge in [-0.25, -0.2) is 8.42 Å². The van der Waals surface area contributed by atoms with Crippen molar-refractivity contribution in [2.24, 2.45) is 0 Å². The molecule has 35 heavy (non-hydrogen) atoms. The summed E-state index contributed by atoms with van der Waals surface area (Å²) in [5, 5.41) is 5.40. The van der Waals surface area contributed by atoms with E-state index in [2.05, 4.69) is 15.4 Å². The number of hydrogen-bond acceptors (Lipinski definition) is 5. The average Bonchev–Trinajstić information content (AvgIpc) is 2.80. The summed E-state index contributed by atoms with van der Waals surface area (Å²) in [6, 6.07) is 14.6. The summed E-state index contributed by atoms with van der Waals surface area (Å²) in [5.41, 5.74) is 4.77. The Morgan fingerprint density at radius 3 is 2.09 bits per heavy atom. The highest BCUT2D eigenvalue weighted by molar-refractivity contribution is 7.92. The van der Waals surface area contributed by atoms with Crippen molar-refractivity contribution in [3.8, 4) is 5.75 Å². The number of nitrogens with one attached hydrogen (secondary N) is 3. The van der Waals surface area contributed by atoms with Crippen molar-refractivity contribution in [2.45, 2.75) is 32.6 Å². The van der Waals surface area contributed by atoms with Crippen molar-refractivity contribution in [1.82, 2.24) is 5.32 Å². The summed E-state index contributed by atoms with van der Waals surface area (Å²) >= 11 is 0. The fourth-order valence-corrected chi connectivity index (χ4v) is 4.79. The van der Waals surface area contributed by atoms with Crippen LogP contribution >= 0.6 is 0 Å². The molecule has 0 aliphatic rings. The van der Waals surface area contributed by atoms with Gasteiger partial charge in [-0.15, -0.1) is 0 Å². The van der Waals surface area contributed by atoms with Crippen molar-refractivity contribution in [3.63, 3.8) is 0 Å². The first-order chi connectivity index (χ1) is 16.5. The molecule has 0 unspecified atom stereocenters. The Kier molecular flexibility index (Phi) is 7.81. The van der Waals surface area contributed by atoms with Gasteiger partial charge in [-0.05, 0) is 80.8 Å². The normalized spacial score (nSPS) is 11.0. The van der Waals surface area contributed by atoms with Gasteiger partial charge in [0.05, 0.1) is 18.6 Å². The van der Waals surface area contributed by atoms with Gasteiger partial charge < -0.3 is 15.4 Å². The van der Waals surface area contributed by atoms with Crippen molar-refractivity contribution in [2.75, 3.05) is 23.7 Å². The van der Waals surface area contributed by atoms with Gasteiger partial charge in [-0.3, -0.25) is 14.3 Å². The fraction of sp³-hybridized carbons (Fsp3) is 0.231. The second-order valence-corrected chi connectivity index (χ2v) is 10.00. The van der Waals surface area contributed by atoms with Crippen LogP contribution in [0.15, 0.2) is 59.5 Å². The molecule has 3 N–H and O–H groups in total. The van der Waals surface area contributed by atoms with Crippen LogP contribution < -0.4 is 20.1 Å². The Labute approximate surface area is 205 Å². The highest BCUT2D eigenvalue weighted by atomic mass is 32.2. The lowest BCUT2D eigenvalue weighted by Crippen LogP contribution is -2.33. The second kappa shape index (κ2) is 10.6. The van der Waals surface area contributed by atoms with E-state index >= 15 is 0 Å². The number of methoxy groups -OCH3 is 1. The van der Waals surface area contributed by atoms with Gasteiger partial charge in [0, 0.05) is 16.9 Å². The average molecular weight is 496 g/mol. The highest BCUT2D eigenvalue weighted by Gasteiger charge is 2.19. The Morgan fingerprint density at radius 2 is 1.49 bits per heavy atom. The Bertz CT molecular complexity index is 1340. The van der Waals surface area contributed by atoms with Crippen LogP contribution in [0.4, 0.5) is 11.4 Å². The summed E-state index contributed by atoms with van der Waals surface area (Å²) in [4.78, 5) is 25.2. The SMILES string of the molecule is COc1ccc(NS(=O)(=O)c2ccc(C)c(C(=O)NCC(=O)Nc3c(C)cc(C)cc3C)c2)cc1. The minimum atomic E-state index is -3.94. The number of carbonyl (C=O) groups is 2. The van der Waals surface area contributed by atoms with Crippen molar-refractivity contribution in [1.29, 1.82) is 0 Å². The minimum absolute atomic E-state index is 0.0700. The van der Waals surface area contributed by atoms with E-state index < -0.39 is 15.9 Å². The molecule has 0 spiro atoms. The largest absolute Gasteiger partial charge is 0.497 e. The molecule has 0 bridgehead atoms. The van der Waals surface area contributed by atoms with Crippen LogP contribution in [0.5, 0.6) is 5.75 Å². The van der Waals surface area contributed by atoms with E-state index in [-0.39, 0.29) is 22.9 Å². The third kappa shape index (κ3) is 6.39. The number of carbonyl (C=O) groups excluding carboxylic acids is 2. The first-order valence-corrected chi connectivity index (χ1v) is 12.4. The molecule has 184 valence electrons. The van der Waals surface area contributed by atoms with Crippen molar-refractivity contribution >= 4 is 33.2 Å². The van der Waals surface area contributed by atoms with Gasteiger partial charge >= 0.3 is 0 Å². The van der Waals surface area contributed by atoms with Crippen LogP contribution in [0, 0.1) is 27.7 Å². The predicted molar refractivity (Wildman–Crippen MR) is 137 cm³/mol. The number of aryl methyl sites for hydroxylation is 4. The molecule has 8 nitrogen and oxygen atoms in total. The van der Waals surface area contributed by atoms with Gasteiger partial charge in [-0.1, -0.05) is 23.8 Å². The van der Waals surface area contributed by atoms with Gasteiger partial charge in [0.2, 0.25) is 5.91 Å².